The van der Waals surface area contributed by atoms with Crippen molar-refractivity contribution in [2.45, 2.75) is 6.92 Å². The first-order chi connectivity index (χ1) is 12.5. The maximum atomic E-state index is 12.3. The summed E-state index contributed by atoms with van der Waals surface area (Å²) in [6.45, 7) is 1.73. The van der Waals surface area contributed by atoms with Crippen molar-refractivity contribution in [3.63, 3.8) is 0 Å². The Labute approximate surface area is 150 Å². The van der Waals surface area contributed by atoms with Crippen LogP contribution in [0.2, 0.25) is 0 Å². The van der Waals surface area contributed by atoms with E-state index in [4.69, 9.17) is 9.26 Å². The van der Waals surface area contributed by atoms with Crippen molar-refractivity contribution in [2.24, 2.45) is 0 Å². The summed E-state index contributed by atoms with van der Waals surface area (Å²) in [7, 11) is 1.58. The monoisotopic (exact) mass is 351 g/mol. The predicted octanol–water partition coefficient (Wildman–Crippen LogP) is 3.50. The summed E-state index contributed by atoms with van der Waals surface area (Å²) in [4.78, 5) is 24.4. The minimum absolute atomic E-state index is 0.269. The van der Waals surface area contributed by atoms with E-state index in [1.807, 2.05) is 0 Å². The van der Waals surface area contributed by atoms with Crippen LogP contribution in [-0.2, 0) is 0 Å². The minimum Gasteiger partial charge on any atom is -0.497 e. The quantitative estimate of drug-likeness (QED) is 0.734. The van der Waals surface area contributed by atoms with Gasteiger partial charge in [-0.2, -0.15) is 0 Å². The number of ether oxygens (including phenoxy) is 1. The van der Waals surface area contributed by atoms with Crippen molar-refractivity contribution in [2.75, 3.05) is 17.7 Å². The molecule has 0 fully saturated rings. The Kier molecular flexibility index (Phi) is 4.98. The lowest BCUT2D eigenvalue weighted by molar-refractivity contribution is 0.101. The number of methoxy groups -OCH3 is 1. The third-order valence-corrected chi connectivity index (χ3v) is 3.63. The first-order valence-corrected chi connectivity index (χ1v) is 7.85. The van der Waals surface area contributed by atoms with Gasteiger partial charge < -0.3 is 19.9 Å². The number of amides is 2. The molecule has 26 heavy (non-hydrogen) atoms. The van der Waals surface area contributed by atoms with Crippen molar-refractivity contribution in [3.8, 4) is 5.75 Å². The molecule has 0 unspecified atom stereocenters. The summed E-state index contributed by atoms with van der Waals surface area (Å²) in [5.74, 6) is 1.05. The molecule has 7 heteroatoms. The average molecular weight is 351 g/mol. The van der Waals surface area contributed by atoms with Gasteiger partial charge in [-0.05, 0) is 55.5 Å². The Hall–Kier alpha value is -3.61. The minimum atomic E-state index is -0.333. The number of benzene rings is 2. The van der Waals surface area contributed by atoms with Crippen LogP contribution < -0.4 is 15.4 Å². The zero-order chi connectivity index (χ0) is 18.5. The van der Waals surface area contributed by atoms with E-state index in [0.717, 1.165) is 0 Å². The number of hydrogen-bond donors (Lipinski definition) is 2. The molecule has 0 aliphatic carbocycles. The summed E-state index contributed by atoms with van der Waals surface area (Å²) in [5.41, 5.74) is 1.50. The van der Waals surface area contributed by atoms with Crippen LogP contribution in [-0.4, -0.2) is 24.1 Å². The number of rotatable bonds is 5. The molecule has 7 nitrogen and oxygen atoms in total. The maximum Gasteiger partial charge on any atom is 0.256 e. The van der Waals surface area contributed by atoms with Crippen molar-refractivity contribution in [1.29, 1.82) is 0 Å². The molecule has 0 aliphatic heterocycles. The lowest BCUT2D eigenvalue weighted by Crippen LogP contribution is -2.14. The van der Waals surface area contributed by atoms with Crippen LogP contribution in [0.5, 0.6) is 5.75 Å². The SMILES string of the molecule is COc1ccc(NC(=O)c2ccc(C(=O)Nc3cc(C)on3)cc2)cc1. The van der Waals surface area contributed by atoms with E-state index in [-0.39, 0.29) is 11.8 Å². The molecular formula is C19H17N3O4. The van der Waals surface area contributed by atoms with Crippen LogP contribution in [0, 0.1) is 6.92 Å². The number of aromatic nitrogens is 1. The molecule has 0 aliphatic rings. The lowest BCUT2D eigenvalue weighted by atomic mass is 10.1. The summed E-state index contributed by atoms with van der Waals surface area (Å²) in [6.07, 6.45) is 0. The fourth-order valence-electron chi connectivity index (χ4n) is 2.26. The van der Waals surface area contributed by atoms with E-state index in [2.05, 4.69) is 15.8 Å². The Morgan fingerprint density at radius 3 is 2.00 bits per heavy atom. The van der Waals surface area contributed by atoms with E-state index in [1.54, 1.807) is 68.6 Å². The summed E-state index contributed by atoms with van der Waals surface area (Å²) < 4.78 is 9.97. The molecule has 0 saturated heterocycles. The molecule has 3 aromatic rings. The van der Waals surface area contributed by atoms with Gasteiger partial charge in [-0.25, -0.2) is 0 Å². The number of nitrogens with one attached hydrogen (secondary N) is 2. The second-order valence-electron chi connectivity index (χ2n) is 5.54. The smallest absolute Gasteiger partial charge is 0.256 e. The highest BCUT2D eigenvalue weighted by atomic mass is 16.5. The average Bonchev–Trinajstić information content (AvgIpc) is 3.07. The Bertz CT molecular complexity index is 915. The topological polar surface area (TPSA) is 93.5 Å². The predicted molar refractivity (Wildman–Crippen MR) is 96.6 cm³/mol. The number of nitrogens with zero attached hydrogens (tertiary/aromatic N) is 1. The highest BCUT2D eigenvalue weighted by Gasteiger charge is 2.11. The standard InChI is InChI=1S/C19H17N3O4/c1-12-11-17(22-26-12)21-19(24)14-5-3-13(4-6-14)18(23)20-15-7-9-16(25-2)10-8-15/h3-11H,1-2H3,(H,20,23)(H,21,22,24). The van der Waals surface area contributed by atoms with Crippen LogP contribution >= 0.6 is 0 Å². The van der Waals surface area contributed by atoms with Gasteiger partial charge in [-0.3, -0.25) is 9.59 Å². The van der Waals surface area contributed by atoms with Gasteiger partial charge in [0.25, 0.3) is 11.8 Å². The lowest BCUT2D eigenvalue weighted by Gasteiger charge is -2.07. The molecule has 0 bridgehead atoms. The van der Waals surface area contributed by atoms with Crippen LogP contribution in [0.3, 0.4) is 0 Å². The van der Waals surface area contributed by atoms with E-state index in [0.29, 0.717) is 34.1 Å². The van der Waals surface area contributed by atoms with Crippen molar-refractivity contribution in [1.82, 2.24) is 5.16 Å². The number of carbonyl (C=O) groups excluding carboxylic acids is 2. The number of carbonyl (C=O) groups is 2. The van der Waals surface area contributed by atoms with Gasteiger partial charge in [0.1, 0.15) is 11.5 Å². The number of aryl methyl sites for hydroxylation is 1. The Morgan fingerprint density at radius 1 is 0.923 bits per heavy atom. The van der Waals surface area contributed by atoms with E-state index in [9.17, 15) is 9.59 Å². The molecule has 0 saturated carbocycles. The van der Waals surface area contributed by atoms with Crippen molar-refractivity contribution >= 4 is 23.3 Å². The van der Waals surface area contributed by atoms with Gasteiger partial charge in [0.05, 0.1) is 7.11 Å². The molecule has 1 heterocycles. The molecule has 132 valence electrons. The molecule has 2 amide bonds. The fourth-order valence-corrected chi connectivity index (χ4v) is 2.26. The van der Waals surface area contributed by atoms with Crippen molar-refractivity contribution < 1.29 is 18.8 Å². The maximum absolute atomic E-state index is 12.3. The summed E-state index contributed by atoms with van der Waals surface area (Å²) in [6, 6.07) is 15.0. The highest BCUT2D eigenvalue weighted by molar-refractivity contribution is 6.07. The number of hydrogen-bond acceptors (Lipinski definition) is 5. The molecule has 1 aromatic heterocycles. The van der Waals surface area contributed by atoms with E-state index < -0.39 is 0 Å². The zero-order valence-electron chi connectivity index (χ0n) is 14.3. The van der Waals surface area contributed by atoms with Gasteiger partial charge in [0.2, 0.25) is 0 Å². The van der Waals surface area contributed by atoms with Crippen LogP contribution in [0.15, 0.2) is 59.1 Å². The van der Waals surface area contributed by atoms with Gasteiger partial charge in [0.15, 0.2) is 5.82 Å². The van der Waals surface area contributed by atoms with E-state index in [1.165, 1.54) is 0 Å². The zero-order valence-corrected chi connectivity index (χ0v) is 14.3. The van der Waals surface area contributed by atoms with Gasteiger partial charge in [0, 0.05) is 22.9 Å². The van der Waals surface area contributed by atoms with E-state index >= 15 is 0 Å². The Morgan fingerprint density at radius 2 is 1.50 bits per heavy atom. The van der Waals surface area contributed by atoms with Crippen molar-refractivity contribution in [3.05, 3.63) is 71.5 Å². The first kappa shape index (κ1) is 17.2. The second kappa shape index (κ2) is 7.52. The van der Waals surface area contributed by atoms with Gasteiger partial charge >= 0.3 is 0 Å². The molecule has 2 aromatic carbocycles. The first-order valence-electron chi connectivity index (χ1n) is 7.85. The molecule has 0 atom stereocenters. The summed E-state index contributed by atoms with van der Waals surface area (Å²) >= 11 is 0. The Balaban J connectivity index is 1.64. The largest absolute Gasteiger partial charge is 0.497 e. The van der Waals surface area contributed by atoms with Crippen LogP contribution in [0.25, 0.3) is 0 Å². The third-order valence-electron chi connectivity index (χ3n) is 3.63. The molecule has 0 radical (unpaired) electrons. The molecular weight excluding hydrogens is 334 g/mol. The number of anilines is 2. The van der Waals surface area contributed by atoms with Crippen LogP contribution in [0.4, 0.5) is 11.5 Å². The van der Waals surface area contributed by atoms with Gasteiger partial charge in [-0.15, -0.1) is 0 Å². The fraction of sp³-hybridized carbons (Fsp3) is 0.105. The molecule has 2 N–H and O–H groups in total. The van der Waals surface area contributed by atoms with Gasteiger partial charge in [-0.1, -0.05) is 5.16 Å². The molecule has 3 rings (SSSR count). The highest BCUT2D eigenvalue weighted by Crippen LogP contribution is 2.16. The summed E-state index contributed by atoms with van der Waals surface area (Å²) in [5, 5.41) is 9.11. The van der Waals surface area contributed by atoms with Crippen LogP contribution in [0.1, 0.15) is 26.5 Å². The second-order valence-corrected chi connectivity index (χ2v) is 5.54. The normalized spacial score (nSPS) is 10.2. The third kappa shape index (κ3) is 4.07. The molecule has 0 spiro atoms.